The number of carbonyl (C=O) groups excluding carboxylic acids is 2. The van der Waals surface area contributed by atoms with Crippen molar-refractivity contribution in [3.05, 3.63) is 79.0 Å². The monoisotopic (exact) mass is 553 g/mol. The number of methoxy groups -OCH3 is 1. The fraction of sp³-hybridized carbons (Fsp3) is 0.241. The number of aryl methyl sites for hydroxylation is 1. The van der Waals surface area contributed by atoms with Gasteiger partial charge in [-0.15, -0.1) is 0 Å². The van der Waals surface area contributed by atoms with Crippen molar-refractivity contribution in [1.82, 2.24) is 29.6 Å². The minimum atomic E-state index is -0.675. The number of rotatable bonds is 9. The predicted molar refractivity (Wildman–Crippen MR) is 155 cm³/mol. The van der Waals surface area contributed by atoms with Crippen LogP contribution in [0.15, 0.2) is 67.9 Å². The summed E-state index contributed by atoms with van der Waals surface area (Å²) in [7, 11) is 1.57. The molecule has 2 amide bonds. The second kappa shape index (κ2) is 11.9. The van der Waals surface area contributed by atoms with Gasteiger partial charge in [-0.2, -0.15) is 10.1 Å². The van der Waals surface area contributed by atoms with E-state index < -0.39 is 5.91 Å². The molecule has 0 saturated carbocycles. The molecule has 1 aromatic carbocycles. The lowest BCUT2D eigenvalue weighted by Gasteiger charge is -2.32. The lowest BCUT2D eigenvalue weighted by Crippen LogP contribution is -2.39. The van der Waals surface area contributed by atoms with Gasteiger partial charge < -0.3 is 26.0 Å². The van der Waals surface area contributed by atoms with Crippen LogP contribution in [0.3, 0.4) is 0 Å². The molecule has 0 radical (unpaired) electrons. The van der Waals surface area contributed by atoms with E-state index in [1.807, 2.05) is 42.1 Å². The van der Waals surface area contributed by atoms with E-state index in [0.29, 0.717) is 30.2 Å². The molecule has 0 unspecified atom stereocenters. The molecule has 0 aliphatic carbocycles. The zero-order valence-electron chi connectivity index (χ0n) is 22.9. The Hall–Kier alpha value is -5.26. The van der Waals surface area contributed by atoms with Gasteiger partial charge in [-0.3, -0.25) is 19.3 Å². The van der Waals surface area contributed by atoms with E-state index in [9.17, 15) is 9.59 Å². The first-order valence-corrected chi connectivity index (χ1v) is 13.1. The van der Waals surface area contributed by atoms with Gasteiger partial charge in [0, 0.05) is 43.4 Å². The second-order valence-corrected chi connectivity index (χ2v) is 9.68. The summed E-state index contributed by atoms with van der Waals surface area (Å²) in [6.45, 7) is 6.78. The Morgan fingerprint density at radius 2 is 2.05 bits per heavy atom. The smallest absolute Gasteiger partial charge is 0.254 e. The highest BCUT2D eigenvalue weighted by Gasteiger charge is 2.24. The van der Waals surface area contributed by atoms with E-state index in [2.05, 4.69) is 37.3 Å². The molecule has 0 spiro atoms. The van der Waals surface area contributed by atoms with Crippen molar-refractivity contribution in [2.75, 3.05) is 30.8 Å². The second-order valence-electron chi connectivity index (χ2n) is 9.68. The van der Waals surface area contributed by atoms with Gasteiger partial charge in [-0.05, 0) is 55.2 Å². The SMILES string of the molecule is C=CC(=O)N1CCC[C@@H](n2cc(Nc3ncc(C(N)=O)c(Nc4c(C)cc(-c5cccnc5)cc4OC)n3)cn2)C1. The minimum Gasteiger partial charge on any atom is -0.495 e. The number of anilines is 4. The molecule has 4 N–H and O–H groups in total. The van der Waals surface area contributed by atoms with E-state index in [1.165, 1.54) is 12.3 Å². The van der Waals surface area contributed by atoms with Crippen LogP contribution in [-0.4, -0.2) is 61.6 Å². The molecule has 1 aliphatic heterocycles. The Bertz CT molecular complexity index is 1590. The Labute approximate surface area is 237 Å². The van der Waals surface area contributed by atoms with Crippen LogP contribution in [0.1, 0.15) is 34.8 Å². The van der Waals surface area contributed by atoms with Crippen LogP contribution in [0.25, 0.3) is 11.1 Å². The maximum atomic E-state index is 12.2. The molecule has 4 aromatic rings. The largest absolute Gasteiger partial charge is 0.495 e. The van der Waals surface area contributed by atoms with Gasteiger partial charge in [0.25, 0.3) is 5.91 Å². The molecule has 5 rings (SSSR count). The number of piperidine rings is 1. The van der Waals surface area contributed by atoms with Crippen LogP contribution in [-0.2, 0) is 4.79 Å². The average Bonchev–Trinajstić information content (AvgIpc) is 3.46. The van der Waals surface area contributed by atoms with Crippen molar-refractivity contribution in [3.63, 3.8) is 0 Å². The fourth-order valence-corrected chi connectivity index (χ4v) is 4.84. The topological polar surface area (TPSA) is 153 Å². The number of likely N-dealkylation sites (tertiary alicyclic amines) is 1. The van der Waals surface area contributed by atoms with E-state index in [0.717, 1.165) is 29.5 Å². The number of carbonyl (C=O) groups is 2. The van der Waals surface area contributed by atoms with E-state index in [1.54, 1.807) is 30.6 Å². The van der Waals surface area contributed by atoms with Gasteiger partial charge >= 0.3 is 0 Å². The quantitative estimate of drug-likeness (QED) is 0.261. The van der Waals surface area contributed by atoms with Crippen LogP contribution in [0.2, 0.25) is 0 Å². The van der Waals surface area contributed by atoms with Gasteiger partial charge in [0.1, 0.15) is 17.1 Å². The van der Waals surface area contributed by atoms with Crippen LogP contribution < -0.4 is 21.1 Å². The number of aromatic nitrogens is 5. The number of primary amides is 1. The molecule has 12 heteroatoms. The van der Waals surface area contributed by atoms with E-state index in [4.69, 9.17) is 10.5 Å². The summed E-state index contributed by atoms with van der Waals surface area (Å²) in [5, 5.41) is 10.9. The first-order valence-electron chi connectivity index (χ1n) is 13.1. The summed E-state index contributed by atoms with van der Waals surface area (Å²) in [5.74, 6) is 0.273. The van der Waals surface area contributed by atoms with E-state index >= 15 is 0 Å². The lowest BCUT2D eigenvalue weighted by molar-refractivity contribution is -0.127. The Morgan fingerprint density at radius 3 is 2.78 bits per heavy atom. The molecule has 1 aliphatic rings. The van der Waals surface area contributed by atoms with Crippen LogP contribution in [0.4, 0.5) is 23.1 Å². The summed E-state index contributed by atoms with van der Waals surface area (Å²) in [5.41, 5.74) is 9.80. The number of nitrogens with one attached hydrogen (secondary N) is 2. The minimum absolute atomic E-state index is 0.0451. The highest BCUT2D eigenvalue weighted by Crippen LogP contribution is 2.36. The summed E-state index contributed by atoms with van der Waals surface area (Å²) in [4.78, 5) is 39.1. The zero-order chi connectivity index (χ0) is 28.9. The molecular formula is C29H31N9O3. The number of ether oxygens (including phenoxy) is 1. The Kier molecular flexibility index (Phi) is 7.90. The summed E-state index contributed by atoms with van der Waals surface area (Å²) in [6, 6.07) is 7.77. The fourth-order valence-electron chi connectivity index (χ4n) is 4.84. The van der Waals surface area contributed by atoms with Gasteiger partial charge in [0.05, 0.1) is 30.7 Å². The third-order valence-electron chi connectivity index (χ3n) is 6.93. The van der Waals surface area contributed by atoms with Crippen molar-refractivity contribution in [2.45, 2.75) is 25.8 Å². The molecule has 1 atom stereocenters. The third kappa shape index (κ3) is 6.01. The van der Waals surface area contributed by atoms with E-state index in [-0.39, 0.29) is 29.3 Å². The van der Waals surface area contributed by atoms with Crippen molar-refractivity contribution >= 4 is 35.0 Å². The van der Waals surface area contributed by atoms with Crippen molar-refractivity contribution in [2.24, 2.45) is 5.73 Å². The zero-order valence-corrected chi connectivity index (χ0v) is 22.9. The molecule has 3 aromatic heterocycles. The number of hydrogen-bond acceptors (Lipinski definition) is 9. The average molecular weight is 554 g/mol. The first kappa shape index (κ1) is 27.3. The molecule has 12 nitrogen and oxygen atoms in total. The molecule has 41 heavy (non-hydrogen) atoms. The standard InChI is InChI=1S/C29H31N9O3/c1-4-25(39)37-10-6-8-22(17-37)38-16-21(14-33-38)34-29-32-15-23(27(30)40)28(36-29)35-26-18(2)11-20(12-24(26)41-3)19-7-5-9-31-13-19/h4-5,7,9,11-16,22H,1,6,8,10,17H2,2-3H3,(H2,30,40)(H2,32,34,35,36)/t22-/m1/s1. The Morgan fingerprint density at radius 1 is 1.20 bits per heavy atom. The number of nitrogens with zero attached hydrogens (tertiary/aromatic N) is 6. The highest BCUT2D eigenvalue weighted by atomic mass is 16.5. The molecule has 1 saturated heterocycles. The van der Waals surface area contributed by atoms with Gasteiger partial charge in [0.15, 0.2) is 0 Å². The number of nitrogens with two attached hydrogens (primary N) is 1. The molecule has 0 bridgehead atoms. The first-order chi connectivity index (χ1) is 19.9. The molecule has 4 heterocycles. The normalized spacial score (nSPS) is 14.8. The van der Waals surface area contributed by atoms with Gasteiger partial charge in [0.2, 0.25) is 11.9 Å². The summed E-state index contributed by atoms with van der Waals surface area (Å²) in [6.07, 6.45) is 11.5. The van der Waals surface area contributed by atoms with Crippen molar-refractivity contribution < 1.29 is 14.3 Å². The maximum absolute atomic E-state index is 12.2. The summed E-state index contributed by atoms with van der Waals surface area (Å²) < 4.78 is 7.51. The predicted octanol–water partition coefficient (Wildman–Crippen LogP) is 3.99. The molecule has 210 valence electrons. The highest BCUT2D eigenvalue weighted by molar-refractivity contribution is 5.98. The van der Waals surface area contributed by atoms with Crippen molar-refractivity contribution in [1.29, 1.82) is 0 Å². The summed E-state index contributed by atoms with van der Waals surface area (Å²) >= 11 is 0. The lowest BCUT2D eigenvalue weighted by atomic mass is 10.0. The van der Waals surface area contributed by atoms with Gasteiger partial charge in [-0.25, -0.2) is 4.98 Å². The molecular weight excluding hydrogens is 522 g/mol. The van der Waals surface area contributed by atoms with Crippen LogP contribution >= 0.6 is 0 Å². The Balaban J connectivity index is 1.39. The number of hydrogen-bond donors (Lipinski definition) is 3. The number of amides is 2. The van der Waals surface area contributed by atoms with Crippen molar-refractivity contribution in [3.8, 4) is 16.9 Å². The van der Waals surface area contributed by atoms with Gasteiger partial charge in [-0.1, -0.05) is 12.6 Å². The van der Waals surface area contributed by atoms with Crippen LogP contribution in [0, 0.1) is 6.92 Å². The number of pyridine rings is 1. The van der Waals surface area contributed by atoms with Crippen LogP contribution in [0.5, 0.6) is 5.75 Å². The maximum Gasteiger partial charge on any atom is 0.254 e. The third-order valence-corrected chi connectivity index (χ3v) is 6.93. The molecule has 1 fully saturated rings. The number of benzene rings is 1.